The van der Waals surface area contributed by atoms with Crippen molar-refractivity contribution in [3.63, 3.8) is 0 Å². The third-order valence-corrected chi connectivity index (χ3v) is 3.74. The lowest BCUT2D eigenvalue weighted by molar-refractivity contribution is 0.0751. The van der Waals surface area contributed by atoms with E-state index in [2.05, 4.69) is 29.0 Å². The summed E-state index contributed by atoms with van der Waals surface area (Å²) in [5.74, 6) is 0.0136. The summed E-state index contributed by atoms with van der Waals surface area (Å²) in [7, 11) is 1.84. The van der Waals surface area contributed by atoms with Crippen LogP contribution in [0.5, 0.6) is 0 Å². The molecule has 0 spiro atoms. The van der Waals surface area contributed by atoms with Crippen molar-refractivity contribution < 1.29 is 4.79 Å². The lowest BCUT2D eigenvalue weighted by Gasteiger charge is -2.23. The van der Waals surface area contributed by atoms with Crippen LogP contribution in [0.3, 0.4) is 0 Å². The van der Waals surface area contributed by atoms with Gasteiger partial charge in [-0.05, 0) is 45.1 Å². The van der Waals surface area contributed by atoms with E-state index in [1.807, 2.05) is 24.9 Å². The molecule has 1 rings (SSSR count). The van der Waals surface area contributed by atoms with E-state index in [0.717, 1.165) is 38.3 Å². The molecule has 5 heteroatoms. The second kappa shape index (κ2) is 9.34. The number of nitrogens with zero attached hydrogens (tertiary/aromatic N) is 3. The molecule has 0 atom stereocenters. The number of carbonyl (C=O) groups excluding carboxylic acids is 1. The molecule has 5 nitrogen and oxygen atoms in total. The van der Waals surface area contributed by atoms with Crippen LogP contribution in [0.1, 0.15) is 37.7 Å². The normalized spacial score (nSPS) is 10.7. The molecule has 0 saturated heterocycles. The number of amides is 1. The van der Waals surface area contributed by atoms with Crippen molar-refractivity contribution in [2.45, 2.75) is 27.2 Å². The predicted molar refractivity (Wildman–Crippen MR) is 87.8 cm³/mol. The van der Waals surface area contributed by atoms with Crippen molar-refractivity contribution in [3.8, 4) is 0 Å². The van der Waals surface area contributed by atoms with Crippen molar-refractivity contribution in [3.05, 3.63) is 24.0 Å². The Morgan fingerprint density at radius 1 is 1.14 bits per heavy atom. The zero-order valence-corrected chi connectivity index (χ0v) is 13.7. The molecular formula is C16H28N4O. The second-order valence-electron chi connectivity index (χ2n) is 4.95. The average molecular weight is 292 g/mol. The van der Waals surface area contributed by atoms with Crippen LogP contribution < -0.4 is 5.32 Å². The maximum atomic E-state index is 12.4. The summed E-state index contributed by atoms with van der Waals surface area (Å²) in [6.07, 6.45) is 2.69. The van der Waals surface area contributed by atoms with E-state index in [1.165, 1.54) is 0 Å². The van der Waals surface area contributed by atoms with Gasteiger partial charge in [0.25, 0.3) is 5.91 Å². The fraction of sp³-hybridized carbons (Fsp3) is 0.625. The van der Waals surface area contributed by atoms with Gasteiger partial charge >= 0.3 is 0 Å². The van der Waals surface area contributed by atoms with Crippen molar-refractivity contribution in [1.82, 2.24) is 14.8 Å². The van der Waals surface area contributed by atoms with Crippen molar-refractivity contribution in [1.29, 1.82) is 0 Å². The number of pyridine rings is 1. The van der Waals surface area contributed by atoms with Gasteiger partial charge in [-0.1, -0.05) is 13.8 Å². The van der Waals surface area contributed by atoms with E-state index < -0.39 is 0 Å². The molecule has 21 heavy (non-hydrogen) atoms. The molecule has 0 aliphatic heterocycles. The molecule has 1 aromatic rings. The number of hydrogen-bond acceptors (Lipinski definition) is 4. The maximum Gasteiger partial charge on any atom is 0.272 e. The molecule has 0 aromatic carbocycles. The van der Waals surface area contributed by atoms with E-state index >= 15 is 0 Å². The Labute approximate surface area is 128 Å². The van der Waals surface area contributed by atoms with Gasteiger partial charge in [0, 0.05) is 20.1 Å². The molecule has 0 aliphatic rings. The molecule has 0 aliphatic carbocycles. The predicted octanol–water partition coefficient (Wildman–Crippen LogP) is 2.32. The summed E-state index contributed by atoms with van der Waals surface area (Å²) < 4.78 is 0. The molecule has 0 unspecified atom stereocenters. The second-order valence-corrected chi connectivity index (χ2v) is 4.95. The molecule has 118 valence electrons. The SMILES string of the molecule is CCN(CC)CCCN(CC)C(=O)c1ccc(NC)cn1. The first-order chi connectivity index (χ1) is 10.2. The van der Waals surface area contributed by atoms with E-state index in [1.54, 1.807) is 12.3 Å². The van der Waals surface area contributed by atoms with Gasteiger partial charge < -0.3 is 15.1 Å². The van der Waals surface area contributed by atoms with Gasteiger partial charge in [-0.25, -0.2) is 4.98 Å². The van der Waals surface area contributed by atoms with E-state index in [-0.39, 0.29) is 5.91 Å². The van der Waals surface area contributed by atoms with Crippen LogP contribution in [0.25, 0.3) is 0 Å². The van der Waals surface area contributed by atoms with Gasteiger partial charge in [0.15, 0.2) is 0 Å². The Balaban J connectivity index is 2.55. The highest BCUT2D eigenvalue weighted by Crippen LogP contribution is 2.08. The highest BCUT2D eigenvalue weighted by molar-refractivity contribution is 5.92. The van der Waals surface area contributed by atoms with Crippen LogP contribution in [-0.4, -0.2) is 60.5 Å². The lowest BCUT2D eigenvalue weighted by Crippen LogP contribution is -2.34. The van der Waals surface area contributed by atoms with Gasteiger partial charge in [0.05, 0.1) is 11.9 Å². The van der Waals surface area contributed by atoms with Gasteiger partial charge in [0.2, 0.25) is 0 Å². The minimum absolute atomic E-state index is 0.0136. The standard InChI is InChI=1S/C16H28N4O/c1-5-19(6-2)11-8-12-20(7-3)16(21)15-10-9-14(17-4)13-18-15/h9-10,13,17H,5-8,11-12H2,1-4H3. The van der Waals surface area contributed by atoms with E-state index in [9.17, 15) is 4.79 Å². The Morgan fingerprint density at radius 3 is 2.33 bits per heavy atom. The van der Waals surface area contributed by atoms with E-state index in [0.29, 0.717) is 12.2 Å². The molecule has 1 heterocycles. The summed E-state index contributed by atoms with van der Waals surface area (Å²) in [6.45, 7) is 11.0. The monoisotopic (exact) mass is 292 g/mol. The van der Waals surface area contributed by atoms with Crippen molar-refractivity contribution in [2.24, 2.45) is 0 Å². The fourth-order valence-corrected chi connectivity index (χ4v) is 2.26. The molecular weight excluding hydrogens is 264 g/mol. The van der Waals surface area contributed by atoms with Gasteiger partial charge in [0.1, 0.15) is 5.69 Å². The first-order valence-electron chi connectivity index (χ1n) is 7.81. The Bertz CT molecular complexity index is 415. The molecule has 1 N–H and O–H groups in total. The van der Waals surface area contributed by atoms with Crippen LogP contribution in [0.4, 0.5) is 5.69 Å². The first kappa shape index (κ1) is 17.4. The zero-order valence-electron chi connectivity index (χ0n) is 13.7. The van der Waals surface area contributed by atoms with Crippen molar-refractivity contribution >= 4 is 11.6 Å². The maximum absolute atomic E-state index is 12.4. The van der Waals surface area contributed by atoms with Crippen LogP contribution in [0.15, 0.2) is 18.3 Å². The summed E-state index contributed by atoms with van der Waals surface area (Å²) in [5, 5.41) is 3.00. The van der Waals surface area contributed by atoms with Gasteiger partial charge in [-0.2, -0.15) is 0 Å². The topological polar surface area (TPSA) is 48.5 Å². The first-order valence-corrected chi connectivity index (χ1v) is 7.81. The van der Waals surface area contributed by atoms with Crippen LogP contribution in [-0.2, 0) is 0 Å². The van der Waals surface area contributed by atoms with Crippen LogP contribution in [0, 0.1) is 0 Å². The number of carbonyl (C=O) groups is 1. The van der Waals surface area contributed by atoms with Crippen LogP contribution >= 0.6 is 0 Å². The van der Waals surface area contributed by atoms with Crippen LogP contribution in [0.2, 0.25) is 0 Å². The molecule has 1 amide bonds. The Kier molecular flexibility index (Phi) is 7.75. The number of hydrogen-bond donors (Lipinski definition) is 1. The zero-order chi connectivity index (χ0) is 15.7. The minimum Gasteiger partial charge on any atom is -0.387 e. The largest absolute Gasteiger partial charge is 0.387 e. The van der Waals surface area contributed by atoms with Crippen molar-refractivity contribution in [2.75, 3.05) is 45.1 Å². The van der Waals surface area contributed by atoms with E-state index in [4.69, 9.17) is 0 Å². The summed E-state index contributed by atoms with van der Waals surface area (Å²) >= 11 is 0. The minimum atomic E-state index is 0.0136. The van der Waals surface area contributed by atoms with Gasteiger partial charge in [-0.15, -0.1) is 0 Å². The molecule has 0 saturated carbocycles. The number of nitrogens with one attached hydrogen (secondary N) is 1. The molecule has 0 fully saturated rings. The fourth-order valence-electron chi connectivity index (χ4n) is 2.26. The number of aromatic nitrogens is 1. The number of rotatable bonds is 9. The Hall–Kier alpha value is -1.62. The average Bonchev–Trinajstić information content (AvgIpc) is 2.55. The molecule has 0 bridgehead atoms. The highest BCUT2D eigenvalue weighted by atomic mass is 16.2. The summed E-state index contributed by atoms with van der Waals surface area (Å²) in [4.78, 5) is 20.9. The lowest BCUT2D eigenvalue weighted by atomic mass is 10.2. The smallest absolute Gasteiger partial charge is 0.272 e. The summed E-state index contributed by atoms with van der Waals surface area (Å²) in [5.41, 5.74) is 1.43. The number of anilines is 1. The third kappa shape index (κ3) is 5.34. The molecule has 0 radical (unpaired) electrons. The molecule has 1 aromatic heterocycles. The quantitative estimate of drug-likeness (QED) is 0.759. The Morgan fingerprint density at radius 2 is 1.86 bits per heavy atom. The highest BCUT2D eigenvalue weighted by Gasteiger charge is 2.15. The summed E-state index contributed by atoms with van der Waals surface area (Å²) in [6, 6.07) is 3.66. The third-order valence-electron chi connectivity index (χ3n) is 3.74. The van der Waals surface area contributed by atoms with Gasteiger partial charge in [-0.3, -0.25) is 4.79 Å².